The zero-order chi connectivity index (χ0) is 10.6. The summed E-state index contributed by atoms with van der Waals surface area (Å²) in [7, 11) is 0. The molecule has 0 aromatic carbocycles. The van der Waals surface area contributed by atoms with E-state index in [2.05, 4.69) is 9.97 Å². The predicted molar refractivity (Wildman–Crippen MR) is 49.3 cm³/mol. The Morgan fingerprint density at radius 1 is 1.64 bits per heavy atom. The number of aromatic nitrogens is 2. The molecule has 14 heavy (non-hydrogen) atoms. The number of hydrogen-bond donors (Lipinski definition) is 1. The summed E-state index contributed by atoms with van der Waals surface area (Å²) in [5.74, 6) is -0.858. The van der Waals surface area contributed by atoms with Crippen molar-refractivity contribution in [3.8, 4) is 0 Å². The summed E-state index contributed by atoms with van der Waals surface area (Å²) < 4.78 is 5.03. The Morgan fingerprint density at radius 2 is 2.36 bits per heavy atom. The second-order valence-electron chi connectivity index (χ2n) is 2.43. The lowest BCUT2D eigenvalue weighted by molar-refractivity contribution is 0.0688. The molecule has 5 nitrogen and oxygen atoms in total. The Labute approximate surface area is 85.7 Å². The quantitative estimate of drug-likeness (QED) is 0.770. The van der Waals surface area contributed by atoms with E-state index in [-0.39, 0.29) is 23.3 Å². The highest BCUT2D eigenvalue weighted by Crippen LogP contribution is 2.08. The third kappa shape index (κ3) is 2.93. The van der Waals surface area contributed by atoms with Crippen molar-refractivity contribution < 1.29 is 14.6 Å². The number of ether oxygens (including phenoxy) is 1. The van der Waals surface area contributed by atoms with Crippen LogP contribution in [0.15, 0.2) is 6.07 Å². The van der Waals surface area contributed by atoms with Crippen molar-refractivity contribution in [2.45, 2.75) is 13.5 Å². The van der Waals surface area contributed by atoms with Crippen LogP contribution in [0.5, 0.6) is 0 Å². The average molecular weight is 217 g/mol. The van der Waals surface area contributed by atoms with Gasteiger partial charge in [-0.1, -0.05) is 11.6 Å². The molecule has 76 valence electrons. The van der Waals surface area contributed by atoms with Gasteiger partial charge in [-0.05, 0) is 6.92 Å². The summed E-state index contributed by atoms with van der Waals surface area (Å²) in [6, 6.07) is 1.19. The zero-order valence-corrected chi connectivity index (χ0v) is 8.28. The van der Waals surface area contributed by atoms with E-state index in [9.17, 15) is 4.79 Å². The second-order valence-corrected chi connectivity index (χ2v) is 2.82. The molecule has 0 saturated heterocycles. The van der Waals surface area contributed by atoms with E-state index in [1.165, 1.54) is 6.07 Å². The molecule has 0 amide bonds. The van der Waals surface area contributed by atoms with Crippen LogP contribution in [0, 0.1) is 0 Å². The third-order valence-electron chi connectivity index (χ3n) is 1.40. The van der Waals surface area contributed by atoms with E-state index >= 15 is 0 Å². The molecule has 0 atom stereocenters. The van der Waals surface area contributed by atoms with Gasteiger partial charge in [0.25, 0.3) is 0 Å². The Hall–Kier alpha value is -1.20. The SMILES string of the molecule is CCOCc1nc(Cl)cc(C(=O)O)n1. The van der Waals surface area contributed by atoms with Gasteiger partial charge in [0.05, 0.1) is 0 Å². The molecule has 0 radical (unpaired) electrons. The number of nitrogens with zero attached hydrogens (tertiary/aromatic N) is 2. The maximum atomic E-state index is 10.6. The second kappa shape index (κ2) is 4.88. The minimum atomic E-state index is -1.13. The normalized spacial score (nSPS) is 10.1. The summed E-state index contributed by atoms with van der Waals surface area (Å²) >= 11 is 5.60. The van der Waals surface area contributed by atoms with E-state index in [0.717, 1.165) is 0 Å². The summed E-state index contributed by atoms with van der Waals surface area (Å²) in [4.78, 5) is 18.2. The lowest BCUT2D eigenvalue weighted by atomic mass is 10.4. The number of carbonyl (C=O) groups is 1. The van der Waals surface area contributed by atoms with E-state index in [0.29, 0.717) is 6.61 Å². The van der Waals surface area contributed by atoms with Gasteiger partial charge in [0.2, 0.25) is 0 Å². The molecule has 6 heteroatoms. The number of halogens is 1. The number of carboxylic acids is 1. The van der Waals surface area contributed by atoms with Crippen molar-refractivity contribution in [3.63, 3.8) is 0 Å². The lowest BCUT2D eigenvalue weighted by Crippen LogP contribution is -2.06. The first-order valence-electron chi connectivity index (χ1n) is 3.98. The fourth-order valence-electron chi connectivity index (χ4n) is 0.832. The van der Waals surface area contributed by atoms with Gasteiger partial charge in [0.1, 0.15) is 11.8 Å². The minimum absolute atomic E-state index is 0.104. The predicted octanol–water partition coefficient (Wildman–Crippen LogP) is 1.36. The zero-order valence-electron chi connectivity index (χ0n) is 7.53. The molecule has 1 rings (SSSR count). The highest BCUT2D eigenvalue weighted by molar-refractivity contribution is 6.29. The van der Waals surface area contributed by atoms with Gasteiger partial charge in [0, 0.05) is 12.7 Å². The topological polar surface area (TPSA) is 72.3 Å². The van der Waals surface area contributed by atoms with Crippen molar-refractivity contribution in [1.29, 1.82) is 0 Å². The van der Waals surface area contributed by atoms with Crippen molar-refractivity contribution in [1.82, 2.24) is 9.97 Å². The fourth-order valence-corrected chi connectivity index (χ4v) is 1.03. The van der Waals surface area contributed by atoms with E-state index in [4.69, 9.17) is 21.4 Å². The monoisotopic (exact) mass is 216 g/mol. The lowest BCUT2D eigenvalue weighted by Gasteiger charge is -2.01. The van der Waals surface area contributed by atoms with Crippen LogP contribution in [0.4, 0.5) is 0 Å². The van der Waals surface area contributed by atoms with Crippen LogP contribution in [0.1, 0.15) is 23.2 Å². The molecular weight excluding hydrogens is 208 g/mol. The Morgan fingerprint density at radius 3 is 2.93 bits per heavy atom. The van der Waals surface area contributed by atoms with Gasteiger partial charge in [-0.15, -0.1) is 0 Å². The molecule has 0 unspecified atom stereocenters. The maximum absolute atomic E-state index is 10.6. The molecule has 0 spiro atoms. The summed E-state index contributed by atoms with van der Waals surface area (Å²) in [5, 5.41) is 8.77. The molecule has 0 aliphatic rings. The number of carboxylic acid groups (broad SMARTS) is 1. The van der Waals surface area contributed by atoms with Crippen LogP contribution in [0.25, 0.3) is 0 Å². The highest BCUT2D eigenvalue weighted by atomic mass is 35.5. The first-order chi connectivity index (χ1) is 6.63. The Bertz CT molecular complexity index is 343. The Balaban J connectivity index is 2.89. The van der Waals surface area contributed by atoms with Crippen LogP contribution in [0.3, 0.4) is 0 Å². The average Bonchev–Trinajstić information content (AvgIpc) is 2.14. The summed E-state index contributed by atoms with van der Waals surface area (Å²) in [6.07, 6.45) is 0. The molecule has 1 aromatic heterocycles. The molecule has 0 fully saturated rings. The largest absolute Gasteiger partial charge is 0.477 e. The van der Waals surface area contributed by atoms with Crippen molar-refractivity contribution in [3.05, 3.63) is 22.7 Å². The van der Waals surface area contributed by atoms with Crippen LogP contribution in [0.2, 0.25) is 5.15 Å². The maximum Gasteiger partial charge on any atom is 0.354 e. The first-order valence-corrected chi connectivity index (χ1v) is 4.35. The van der Waals surface area contributed by atoms with E-state index in [1.54, 1.807) is 0 Å². The van der Waals surface area contributed by atoms with Crippen molar-refractivity contribution in [2.24, 2.45) is 0 Å². The fraction of sp³-hybridized carbons (Fsp3) is 0.375. The van der Waals surface area contributed by atoms with Gasteiger partial charge in [-0.3, -0.25) is 0 Å². The Kier molecular flexibility index (Phi) is 3.79. The molecular formula is C8H9ClN2O3. The number of rotatable bonds is 4. The number of hydrogen-bond acceptors (Lipinski definition) is 4. The van der Waals surface area contributed by atoms with Crippen molar-refractivity contribution >= 4 is 17.6 Å². The smallest absolute Gasteiger partial charge is 0.354 e. The van der Waals surface area contributed by atoms with Gasteiger partial charge >= 0.3 is 5.97 Å². The first kappa shape index (κ1) is 10.9. The summed E-state index contributed by atoms with van der Waals surface area (Å²) in [6.45, 7) is 2.50. The van der Waals surface area contributed by atoms with Crippen molar-refractivity contribution in [2.75, 3.05) is 6.61 Å². The molecule has 0 bridgehead atoms. The van der Waals surface area contributed by atoms with E-state index < -0.39 is 5.97 Å². The summed E-state index contributed by atoms with van der Waals surface area (Å²) in [5.41, 5.74) is -0.125. The van der Waals surface area contributed by atoms with Gasteiger partial charge in [-0.25, -0.2) is 14.8 Å². The van der Waals surface area contributed by atoms with Gasteiger partial charge in [-0.2, -0.15) is 0 Å². The van der Waals surface area contributed by atoms with Crippen LogP contribution >= 0.6 is 11.6 Å². The van der Waals surface area contributed by atoms with Gasteiger partial charge < -0.3 is 9.84 Å². The third-order valence-corrected chi connectivity index (χ3v) is 1.59. The molecule has 0 aliphatic heterocycles. The molecule has 1 heterocycles. The van der Waals surface area contributed by atoms with E-state index in [1.807, 2.05) is 6.92 Å². The van der Waals surface area contributed by atoms with Crippen LogP contribution in [-0.2, 0) is 11.3 Å². The van der Waals surface area contributed by atoms with Gasteiger partial charge in [0.15, 0.2) is 11.5 Å². The molecule has 1 N–H and O–H groups in total. The van der Waals surface area contributed by atoms with Crippen LogP contribution < -0.4 is 0 Å². The molecule has 0 aliphatic carbocycles. The number of aromatic carboxylic acids is 1. The standard InChI is InChI=1S/C8H9ClN2O3/c1-2-14-4-7-10-5(8(12)13)3-6(9)11-7/h3H,2,4H2,1H3,(H,12,13). The molecule has 0 saturated carbocycles. The van der Waals surface area contributed by atoms with Crippen LogP contribution in [-0.4, -0.2) is 27.7 Å². The molecule has 1 aromatic rings. The highest BCUT2D eigenvalue weighted by Gasteiger charge is 2.08. The minimum Gasteiger partial charge on any atom is -0.477 e.